The summed E-state index contributed by atoms with van der Waals surface area (Å²) in [5.74, 6) is -0.531. The lowest BCUT2D eigenvalue weighted by Gasteiger charge is -2.08. The Balaban J connectivity index is 2.08. The normalized spacial score (nSPS) is 11.4. The van der Waals surface area contributed by atoms with Gasteiger partial charge in [-0.1, -0.05) is 30.7 Å². The lowest BCUT2D eigenvalue weighted by atomic mass is 10.1. The molecule has 0 saturated heterocycles. The Hall–Kier alpha value is -2.68. The smallest absolute Gasteiger partial charge is 0.358 e. The maximum Gasteiger partial charge on any atom is 0.358 e. The Labute approximate surface area is 167 Å². The predicted octanol–water partition coefficient (Wildman–Crippen LogP) is 3.41. The second kappa shape index (κ2) is 8.14. The molecule has 2 aromatic carbocycles. The zero-order valence-corrected chi connectivity index (χ0v) is 16.6. The van der Waals surface area contributed by atoms with Crippen LogP contribution in [0.1, 0.15) is 23.8 Å². The van der Waals surface area contributed by atoms with Gasteiger partial charge < -0.3 is 4.74 Å². The minimum atomic E-state index is -3.81. The van der Waals surface area contributed by atoms with Crippen LogP contribution in [-0.2, 0) is 14.8 Å². The molecule has 0 fully saturated rings. The molecule has 146 valence electrons. The Morgan fingerprint density at radius 2 is 1.79 bits per heavy atom. The molecular formula is C19H18ClN3O4S. The summed E-state index contributed by atoms with van der Waals surface area (Å²) >= 11 is 5.96. The van der Waals surface area contributed by atoms with Gasteiger partial charge in [0.05, 0.1) is 22.9 Å². The van der Waals surface area contributed by atoms with E-state index < -0.39 is 16.0 Å². The zero-order valence-electron chi connectivity index (χ0n) is 15.0. The number of benzene rings is 2. The summed E-state index contributed by atoms with van der Waals surface area (Å²) in [6.07, 6.45) is 0.700. The van der Waals surface area contributed by atoms with Gasteiger partial charge in [0.25, 0.3) is 0 Å². The van der Waals surface area contributed by atoms with Crippen molar-refractivity contribution in [1.82, 2.24) is 9.78 Å². The first kappa shape index (κ1) is 20.1. The van der Waals surface area contributed by atoms with Crippen LogP contribution in [0.5, 0.6) is 0 Å². The van der Waals surface area contributed by atoms with Crippen molar-refractivity contribution in [2.75, 3.05) is 6.61 Å². The number of hydrogen-bond donors (Lipinski definition) is 1. The standard InChI is InChI=1S/C19H18ClN3O4S/c1-2-11-27-19(24)17-12-18(13-3-5-14(20)6-4-13)23(22-17)15-7-9-16(10-8-15)28(21,25)26/h3-10,12H,2,11H2,1H3,(H2,21,25,26). The van der Waals surface area contributed by atoms with Gasteiger partial charge in [-0.15, -0.1) is 0 Å². The van der Waals surface area contributed by atoms with E-state index in [0.717, 1.165) is 5.56 Å². The number of rotatable bonds is 6. The largest absolute Gasteiger partial charge is 0.461 e. The number of halogens is 1. The SMILES string of the molecule is CCCOC(=O)c1cc(-c2ccc(Cl)cc2)n(-c2ccc(S(N)(=O)=O)cc2)n1. The minimum absolute atomic E-state index is 0.0148. The topological polar surface area (TPSA) is 104 Å². The summed E-state index contributed by atoms with van der Waals surface area (Å²) in [7, 11) is -3.81. The Kier molecular flexibility index (Phi) is 5.83. The van der Waals surface area contributed by atoms with E-state index in [1.165, 1.54) is 12.1 Å². The molecule has 28 heavy (non-hydrogen) atoms. The highest BCUT2D eigenvalue weighted by Crippen LogP contribution is 2.26. The van der Waals surface area contributed by atoms with Crippen LogP contribution < -0.4 is 5.14 Å². The molecule has 0 radical (unpaired) electrons. The van der Waals surface area contributed by atoms with Crippen molar-refractivity contribution in [3.8, 4) is 16.9 Å². The Morgan fingerprint density at radius 3 is 2.36 bits per heavy atom. The third-order valence-corrected chi connectivity index (χ3v) is 5.09. The minimum Gasteiger partial charge on any atom is -0.461 e. The monoisotopic (exact) mass is 419 g/mol. The van der Waals surface area contributed by atoms with E-state index in [1.807, 2.05) is 6.92 Å². The summed E-state index contributed by atoms with van der Waals surface area (Å²) in [4.78, 5) is 12.2. The molecule has 0 aliphatic rings. The number of nitrogens with zero attached hydrogens (tertiary/aromatic N) is 2. The average Bonchev–Trinajstić information content (AvgIpc) is 3.11. The highest BCUT2D eigenvalue weighted by atomic mass is 35.5. The highest BCUT2D eigenvalue weighted by Gasteiger charge is 2.18. The van der Waals surface area contributed by atoms with E-state index >= 15 is 0 Å². The van der Waals surface area contributed by atoms with Gasteiger partial charge in [-0.3, -0.25) is 0 Å². The molecule has 1 aromatic heterocycles. The van der Waals surface area contributed by atoms with Gasteiger partial charge in [-0.25, -0.2) is 23.0 Å². The molecule has 3 aromatic rings. The maximum absolute atomic E-state index is 12.3. The number of carbonyl (C=O) groups is 1. The molecule has 0 aliphatic heterocycles. The van der Waals surface area contributed by atoms with Crippen LogP contribution >= 0.6 is 11.6 Å². The van der Waals surface area contributed by atoms with Gasteiger partial charge in [0.1, 0.15) is 0 Å². The molecule has 7 nitrogen and oxygen atoms in total. The number of carbonyl (C=O) groups excluding carboxylic acids is 1. The van der Waals surface area contributed by atoms with Crippen LogP contribution in [0.2, 0.25) is 5.02 Å². The molecule has 3 rings (SSSR count). The third-order valence-electron chi connectivity index (χ3n) is 3.91. The van der Waals surface area contributed by atoms with E-state index in [4.69, 9.17) is 21.5 Å². The molecule has 0 saturated carbocycles. The number of hydrogen-bond acceptors (Lipinski definition) is 5. The van der Waals surface area contributed by atoms with E-state index in [2.05, 4.69) is 5.10 Å². The van der Waals surface area contributed by atoms with Crippen molar-refractivity contribution >= 4 is 27.6 Å². The first-order valence-corrected chi connectivity index (χ1v) is 10.4. The summed E-state index contributed by atoms with van der Waals surface area (Å²) < 4.78 is 29.7. The van der Waals surface area contributed by atoms with Crippen LogP contribution in [0.25, 0.3) is 16.9 Å². The molecule has 0 atom stereocenters. The molecule has 0 unspecified atom stereocenters. The zero-order chi connectivity index (χ0) is 20.3. The number of nitrogens with two attached hydrogens (primary N) is 1. The Morgan fingerprint density at radius 1 is 1.14 bits per heavy atom. The maximum atomic E-state index is 12.3. The molecule has 0 spiro atoms. The molecule has 2 N–H and O–H groups in total. The van der Waals surface area contributed by atoms with Crippen LogP contribution in [0.4, 0.5) is 0 Å². The molecule has 0 amide bonds. The van der Waals surface area contributed by atoms with E-state index in [-0.39, 0.29) is 10.6 Å². The molecule has 1 heterocycles. The fourth-order valence-electron chi connectivity index (χ4n) is 2.55. The number of esters is 1. The fraction of sp³-hybridized carbons (Fsp3) is 0.158. The van der Waals surface area contributed by atoms with Crippen LogP contribution in [0.15, 0.2) is 59.5 Å². The van der Waals surface area contributed by atoms with Crippen molar-refractivity contribution in [3.05, 3.63) is 65.3 Å². The quantitative estimate of drug-likeness (QED) is 0.616. The van der Waals surface area contributed by atoms with Crippen molar-refractivity contribution in [2.24, 2.45) is 5.14 Å². The fourth-order valence-corrected chi connectivity index (χ4v) is 3.19. The van der Waals surface area contributed by atoms with Gasteiger partial charge in [0.2, 0.25) is 10.0 Å². The van der Waals surface area contributed by atoms with Gasteiger partial charge in [-0.2, -0.15) is 5.10 Å². The summed E-state index contributed by atoms with van der Waals surface area (Å²) in [5, 5.41) is 10.1. The van der Waals surface area contributed by atoms with Gasteiger partial charge in [0.15, 0.2) is 5.69 Å². The Bertz CT molecular complexity index is 1090. The number of aromatic nitrogens is 2. The summed E-state index contributed by atoms with van der Waals surface area (Å²) in [5.41, 5.74) is 2.12. The summed E-state index contributed by atoms with van der Waals surface area (Å²) in [6, 6.07) is 14.6. The molecule has 9 heteroatoms. The number of ether oxygens (including phenoxy) is 1. The number of primary sulfonamides is 1. The first-order valence-electron chi connectivity index (χ1n) is 8.46. The van der Waals surface area contributed by atoms with E-state index in [0.29, 0.717) is 29.4 Å². The van der Waals surface area contributed by atoms with Crippen molar-refractivity contribution < 1.29 is 17.9 Å². The van der Waals surface area contributed by atoms with Crippen LogP contribution in [-0.4, -0.2) is 30.8 Å². The second-order valence-electron chi connectivity index (χ2n) is 6.01. The van der Waals surface area contributed by atoms with Gasteiger partial charge in [0, 0.05) is 10.6 Å². The lowest BCUT2D eigenvalue weighted by Crippen LogP contribution is -2.12. The first-order chi connectivity index (χ1) is 13.3. The third kappa shape index (κ3) is 4.41. The van der Waals surface area contributed by atoms with Crippen molar-refractivity contribution in [3.63, 3.8) is 0 Å². The molecule has 0 bridgehead atoms. The predicted molar refractivity (Wildman–Crippen MR) is 106 cm³/mol. The van der Waals surface area contributed by atoms with Crippen LogP contribution in [0, 0.1) is 0 Å². The highest BCUT2D eigenvalue weighted by molar-refractivity contribution is 7.89. The number of sulfonamides is 1. The lowest BCUT2D eigenvalue weighted by molar-refractivity contribution is 0.0497. The van der Waals surface area contributed by atoms with Crippen molar-refractivity contribution in [2.45, 2.75) is 18.2 Å². The van der Waals surface area contributed by atoms with E-state index in [9.17, 15) is 13.2 Å². The average molecular weight is 420 g/mol. The second-order valence-corrected chi connectivity index (χ2v) is 8.01. The van der Waals surface area contributed by atoms with Crippen LogP contribution in [0.3, 0.4) is 0 Å². The van der Waals surface area contributed by atoms with Gasteiger partial charge in [-0.05, 0) is 48.9 Å². The molecule has 0 aliphatic carbocycles. The molecular weight excluding hydrogens is 402 g/mol. The van der Waals surface area contributed by atoms with Gasteiger partial charge >= 0.3 is 5.97 Å². The summed E-state index contributed by atoms with van der Waals surface area (Å²) in [6.45, 7) is 2.20. The van der Waals surface area contributed by atoms with Crippen molar-refractivity contribution in [1.29, 1.82) is 0 Å². The van der Waals surface area contributed by atoms with E-state index in [1.54, 1.807) is 47.1 Å².